The molecule has 6 heteroatoms. The van der Waals surface area contributed by atoms with Crippen molar-refractivity contribution in [1.29, 1.82) is 0 Å². The topological polar surface area (TPSA) is 43.4 Å². The third-order valence-electron chi connectivity index (χ3n) is 1.85. The molecule has 86 valence electrons. The lowest BCUT2D eigenvalue weighted by molar-refractivity contribution is -0.144. The summed E-state index contributed by atoms with van der Waals surface area (Å²) < 4.78 is 18.4. The molecule has 0 N–H and O–H groups in total. The molecule has 0 heterocycles. The molecule has 1 aromatic rings. The first-order valence-electron chi connectivity index (χ1n) is 4.19. The lowest BCUT2D eigenvalue weighted by Crippen LogP contribution is -2.27. The van der Waals surface area contributed by atoms with Crippen LogP contribution in [0.5, 0.6) is 0 Å². The molecule has 0 bridgehead atoms. The standard InChI is InChI=1S/C10H7Br2FO3/c1-16-10(15)8(13)9(14)7-5(11)3-2-4-6(7)12/h2-4,8H,1H3. The molecule has 1 atom stereocenters. The number of methoxy groups -OCH3 is 1. The van der Waals surface area contributed by atoms with Gasteiger partial charge in [-0.05, 0) is 12.1 Å². The van der Waals surface area contributed by atoms with E-state index in [4.69, 9.17) is 0 Å². The van der Waals surface area contributed by atoms with Crippen LogP contribution in [0.2, 0.25) is 0 Å². The monoisotopic (exact) mass is 352 g/mol. The second-order valence-corrected chi connectivity index (χ2v) is 4.56. The summed E-state index contributed by atoms with van der Waals surface area (Å²) in [4.78, 5) is 22.6. The minimum absolute atomic E-state index is 0.0837. The predicted octanol–water partition coefficient (Wildman–Crippen LogP) is 2.91. The average molecular weight is 354 g/mol. The van der Waals surface area contributed by atoms with E-state index in [9.17, 15) is 14.0 Å². The van der Waals surface area contributed by atoms with Crippen molar-refractivity contribution in [2.24, 2.45) is 0 Å². The molecule has 0 radical (unpaired) electrons. The molecule has 0 amide bonds. The number of Topliss-reactive ketones (excluding diaryl/α,β-unsaturated/α-hetero) is 1. The molecular weight excluding hydrogens is 347 g/mol. The minimum atomic E-state index is -2.31. The van der Waals surface area contributed by atoms with E-state index in [1.54, 1.807) is 18.2 Å². The maximum absolute atomic E-state index is 13.4. The minimum Gasteiger partial charge on any atom is -0.467 e. The Morgan fingerprint density at radius 1 is 1.31 bits per heavy atom. The first-order chi connectivity index (χ1) is 7.49. The van der Waals surface area contributed by atoms with Crippen LogP contribution in [-0.4, -0.2) is 25.0 Å². The highest BCUT2D eigenvalue weighted by atomic mass is 79.9. The van der Waals surface area contributed by atoms with Gasteiger partial charge in [0.25, 0.3) is 6.17 Å². The van der Waals surface area contributed by atoms with Crippen LogP contribution < -0.4 is 0 Å². The maximum Gasteiger partial charge on any atom is 0.348 e. The van der Waals surface area contributed by atoms with Crippen molar-refractivity contribution in [3.05, 3.63) is 32.7 Å². The van der Waals surface area contributed by atoms with Gasteiger partial charge in [-0.15, -0.1) is 0 Å². The molecule has 3 nitrogen and oxygen atoms in total. The Morgan fingerprint density at radius 2 is 1.81 bits per heavy atom. The SMILES string of the molecule is COC(=O)C(F)C(=O)c1c(Br)cccc1Br. The number of hydrogen-bond donors (Lipinski definition) is 0. The summed E-state index contributed by atoms with van der Waals surface area (Å²) in [5.74, 6) is -2.14. The molecule has 16 heavy (non-hydrogen) atoms. The van der Waals surface area contributed by atoms with E-state index in [1.807, 2.05) is 0 Å². The van der Waals surface area contributed by atoms with Gasteiger partial charge >= 0.3 is 5.97 Å². The Morgan fingerprint density at radius 3 is 2.25 bits per heavy atom. The number of halogens is 3. The normalized spacial score (nSPS) is 12.0. The quantitative estimate of drug-likeness (QED) is 0.476. The van der Waals surface area contributed by atoms with Gasteiger partial charge in [0.2, 0.25) is 5.78 Å². The highest BCUT2D eigenvalue weighted by Crippen LogP contribution is 2.27. The number of rotatable bonds is 3. The van der Waals surface area contributed by atoms with Gasteiger partial charge in [0, 0.05) is 14.5 Å². The van der Waals surface area contributed by atoms with Crippen LogP contribution in [0, 0.1) is 0 Å². The maximum atomic E-state index is 13.4. The second kappa shape index (κ2) is 5.54. The molecule has 1 rings (SSSR count). The van der Waals surface area contributed by atoms with E-state index in [0.29, 0.717) is 8.95 Å². The molecule has 1 aromatic carbocycles. The van der Waals surface area contributed by atoms with Crippen molar-refractivity contribution in [1.82, 2.24) is 0 Å². The molecule has 0 aliphatic heterocycles. The molecule has 0 fully saturated rings. The van der Waals surface area contributed by atoms with E-state index >= 15 is 0 Å². The average Bonchev–Trinajstić information content (AvgIpc) is 2.26. The van der Waals surface area contributed by atoms with Crippen LogP contribution in [0.4, 0.5) is 4.39 Å². The summed E-state index contributed by atoms with van der Waals surface area (Å²) in [5, 5.41) is 0. The summed E-state index contributed by atoms with van der Waals surface area (Å²) in [5.41, 5.74) is 0.0837. The van der Waals surface area contributed by atoms with Crippen molar-refractivity contribution in [2.75, 3.05) is 7.11 Å². The molecule has 0 saturated carbocycles. The van der Waals surface area contributed by atoms with Crippen LogP contribution in [0.1, 0.15) is 10.4 Å². The van der Waals surface area contributed by atoms with Gasteiger partial charge in [0.05, 0.1) is 7.11 Å². The second-order valence-electron chi connectivity index (χ2n) is 2.85. The smallest absolute Gasteiger partial charge is 0.348 e. The fourth-order valence-corrected chi connectivity index (χ4v) is 2.46. The van der Waals surface area contributed by atoms with E-state index in [-0.39, 0.29) is 5.56 Å². The van der Waals surface area contributed by atoms with Crippen LogP contribution in [-0.2, 0) is 9.53 Å². The Balaban J connectivity index is 3.10. The fourth-order valence-electron chi connectivity index (χ4n) is 1.07. The number of benzene rings is 1. The summed E-state index contributed by atoms with van der Waals surface area (Å²) in [6.45, 7) is 0. The van der Waals surface area contributed by atoms with Crippen molar-refractivity contribution in [2.45, 2.75) is 6.17 Å². The van der Waals surface area contributed by atoms with Crippen LogP contribution in [0.3, 0.4) is 0 Å². The highest BCUT2D eigenvalue weighted by molar-refractivity contribution is 9.11. The van der Waals surface area contributed by atoms with Gasteiger partial charge < -0.3 is 4.74 Å². The van der Waals surface area contributed by atoms with Crippen LogP contribution >= 0.6 is 31.9 Å². The number of ketones is 1. The summed E-state index contributed by atoms with van der Waals surface area (Å²) in [7, 11) is 1.03. The largest absolute Gasteiger partial charge is 0.467 e. The summed E-state index contributed by atoms with van der Waals surface area (Å²) >= 11 is 6.23. The summed E-state index contributed by atoms with van der Waals surface area (Å²) in [6, 6.07) is 4.85. The van der Waals surface area contributed by atoms with Gasteiger partial charge in [-0.3, -0.25) is 4.79 Å². The highest BCUT2D eigenvalue weighted by Gasteiger charge is 2.30. The Bertz CT molecular complexity index is 414. The molecule has 0 spiro atoms. The lowest BCUT2D eigenvalue weighted by Gasteiger charge is -2.08. The molecule has 0 aromatic heterocycles. The number of esters is 1. The first-order valence-corrected chi connectivity index (χ1v) is 5.77. The molecule has 0 saturated heterocycles. The number of carbonyl (C=O) groups is 2. The lowest BCUT2D eigenvalue weighted by atomic mass is 10.1. The van der Waals surface area contributed by atoms with Crippen LogP contribution in [0.15, 0.2) is 27.1 Å². The predicted molar refractivity (Wildman–Crippen MR) is 63.1 cm³/mol. The van der Waals surface area contributed by atoms with Gasteiger partial charge in [-0.2, -0.15) is 0 Å². The van der Waals surface area contributed by atoms with E-state index < -0.39 is 17.9 Å². The number of hydrogen-bond acceptors (Lipinski definition) is 3. The molecule has 0 aliphatic carbocycles. The Kier molecular flexibility index (Phi) is 4.61. The zero-order valence-corrected chi connectivity index (χ0v) is 11.3. The first kappa shape index (κ1) is 13.3. The zero-order valence-electron chi connectivity index (χ0n) is 8.17. The number of alkyl halides is 1. The third kappa shape index (κ3) is 2.68. The molecule has 0 aliphatic rings. The Hall–Kier alpha value is -0.750. The van der Waals surface area contributed by atoms with Crippen molar-refractivity contribution in [3.8, 4) is 0 Å². The zero-order chi connectivity index (χ0) is 12.3. The van der Waals surface area contributed by atoms with Gasteiger partial charge in [0.1, 0.15) is 0 Å². The van der Waals surface area contributed by atoms with Gasteiger partial charge in [-0.1, -0.05) is 37.9 Å². The Labute approximate surface area is 108 Å². The van der Waals surface area contributed by atoms with Crippen molar-refractivity contribution in [3.63, 3.8) is 0 Å². The van der Waals surface area contributed by atoms with Crippen molar-refractivity contribution < 1.29 is 18.7 Å². The fraction of sp³-hybridized carbons (Fsp3) is 0.200. The van der Waals surface area contributed by atoms with E-state index in [2.05, 4.69) is 36.6 Å². The van der Waals surface area contributed by atoms with E-state index in [1.165, 1.54) is 0 Å². The number of carbonyl (C=O) groups excluding carboxylic acids is 2. The van der Waals surface area contributed by atoms with Crippen LogP contribution in [0.25, 0.3) is 0 Å². The van der Waals surface area contributed by atoms with E-state index in [0.717, 1.165) is 7.11 Å². The number of ether oxygens (including phenoxy) is 1. The summed E-state index contributed by atoms with van der Waals surface area (Å²) in [6.07, 6.45) is -2.31. The van der Waals surface area contributed by atoms with Gasteiger partial charge in [0.15, 0.2) is 0 Å². The third-order valence-corrected chi connectivity index (χ3v) is 3.17. The van der Waals surface area contributed by atoms with Gasteiger partial charge in [-0.25, -0.2) is 9.18 Å². The molecular formula is C10H7Br2FO3. The van der Waals surface area contributed by atoms with Crippen molar-refractivity contribution >= 4 is 43.6 Å². The molecule has 1 unspecified atom stereocenters.